The van der Waals surface area contributed by atoms with Crippen LogP contribution in [0.5, 0.6) is 0 Å². The molecule has 2 amide bonds. The van der Waals surface area contributed by atoms with Gasteiger partial charge in [0.25, 0.3) is 0 Å². The number of nitrogens with one attached hydrogen (secondary N) is 1. The summed E-state index contributed by atoms with van der Waals surface area (Å²) >= 11 is 0. The lowest BCUT2D eigenvalue weighted by Crippen LogP contribution is -2.63. The Morgan fingerprint density at radius 1 is 1.26 bits per heavy atom. The first-order valence-electron chi connectivity index (χ1n) is 6.49. The first kappa shape index (κ1) is 12.2. The number of piperazine rings is 1. The van der Waals surface area contributed by atoms with Crippen molar-refractivity contribution in [2.24, 2.45) is 0 Å². The number of carbonyl (C=O) groups is 2. The molecule has 0 radical (unpaired) electrons. The van der Waals surface area contributed by atoms with Crippen molar-refractivity contribution >= 4 is 11.8 Å². The third-order valence-corrected chi connectivity index (χ3v) is 3.81. The van der Waals surface area contributed by atoms with Crippen LogP contribution in [-0.4, -0.2) is 46.6 Å². The second kappa shape index (κ2) is 4.66. The molecule has 0 bridgehead atoms. The molecule has 3 rings (SSSR count). The number of amides is 2. The van der Waals surface area contributed by atoms with Gasteiger partial charge in [-0.2, -0.15) is 0 Å². The van der Waals surface area contributed by atoms with Gasteiger partial charge < -0.3 is 15.3 Å². The topological polar surface area (TPSA) is 69.6 Å². The predicted octanol–water partition coefficient (Wildman–Crippen LogP) is -0.311. The van der Waals surface area contributed by atoms with Gasteiger partial charge in [-0.15, -0.1) is 0 Å². The number of benzene rings is 1. The van der Waals surface area contributed by atoms with Crippen LogP contribution >= 0.6 is 0 Å². The SMILES string of the molecule is O=C1N[C@@H](Cc2ccccc2)C(=O)N2CC[C@H](O)[C@@H]12. The maximum Gasteiger partial charge on any atom is 0.246 e. The first-order valence-corrected chi connectivity index (χ1v) is 6.49. The van der Waals surface area contributed by atoms with E-state index in [-0.39, 0.29) is 11.8 Å². The monoisotopic (exact) mass is 260 g/mol. The van der Waals surface area contributed by atoms with E-state index in [0.29, 0.717) is 19.4 Å². The lowest BCUT2D eigenvalue weighted by molar-refractivity contribution is -0.149. The lowest BCUT2D eigenvalue weighted by atomic mass is 10.0. The van der Waals surface area contributed by atoms with Crippen LogP contribution in [0.4, 0.5) is 0 Å². The average Bonchev–Trinajstić information content (AvgIpc) is 2.80. The van der Waals surface area contributed by atoms with Crippen LogP contribution in [0.3, 0.4) is 0 Å². The molecule has 2 heterocycles. The molecule has 0 aromatic heterocycles. The molecule has 3 atom stereocenters. The molecule has 1 aromatic rings. The van der Waals surface area contributed by atoms with Crippen LogP contribution < -0.4 is 5.32 Å². The molecule has 5 heteroatoms. The Morgan fingerprint density at radius 3 is 2.74 bits per heavy atom. The Morgan fingerprint density at radius 2 is 2.00 bits per heavy atom. The number of hydrogen-bond acceptors (Lipinski definition) is 3. The minimum absolute atomic E-state index is 0.0926. The molecular weight excluding hydrogens is 244 g/mol. The quantitative estimate of drug-likeness (QED) is 0.766. The molecule has 2 aliphatic heterocycles. The van der Waals surface area contributed by atoms with Gasteiger partial charge in [-0.25, -0.2) is 0 Å². The molecule has 100 valence electrons. The van der Waals surface area contributed by atoms with Crippen LogP contribution in [0.1, 0.15) is 12.0 Å². The largest absolute Gasteiger partial charge is 0.390 e. The highest BCUT2D eigenvalue weighted by Crippen LogP contribution is 2.23. The fourth-order valence-electron chi connectivity index (χ4n) is 2.85. The van der Waals surface area contributed by atoms with E-state index in [2.05, 4.69) is 5.32 Å². The second-order valence-corrected chi connectivity index (χ2v) is 5.08. The Hall–Kier alpha value is -1.88. The summed E-state index contributed by atoms with van der Waals surface area (Å²) in [5.41, 5.74) is 1.01. The minimum atomic E-state index is -0.735. The molecule has 0 saturated carbocycles. The zero-order valence-electron chi connectivity index (χ0n) is 10.5. The van der Waals surface area contributed by atoms with E-state index < -0.39 is 18.2 Å². The third-order valence-electron chi connectivity index (χ3n) is 3.81. The van der Waals surface area contributed by atoms with Gasteiger partial charge in [-0.05, 0) is 12.0 Å². The van der Waals surface area contributed by atoms with Gasteiger partial charge >= 0.3 is 0 Å². The standard InChI is InChI=1S/C14H16N2O3/c17-11-6-7-16-12(11)13(18)15-10(14(16)19)8-9-4-2-1-3-5-9/h1-5,10-12,17H,6-8H2,(H,15,18)/t10-,11-,12-/m0/s1. The van der Waals surface area contributed by atoms with E-state index in [9.17, 15) is 14.7 Å². The van der Waals surface area contributed by atoms with Gasteiger partial charge in [-0.3, -0.25) is 9.59 Å². The Labute approximate surface area is 111 Å². The van der Waals surface area contributed by atoms with Crippen molar-refractivity contribution in [2.45, 2.75) is 31.0 Å². The normalized spacial score (nSPS) is 30.2. The third kappa shape index (κ3) is 2.10. The first-order chi connectivity index (χ1) is 9.16. The molecular formula is C14H16N2O3. The number of rotatable bonds is 2. The molecule has 1 aromatic carbocycles. The minimum Gasteiger partial charge on any atom is -0.390 e. The molecule has 2 saturated heterocycles. The second-order valence-electron chi connectivity index (χ2n) is 5.08. The van der Waals surface area contributed by atoms with Crippen LogP contribution in [0.15, 0.2) is 30.3 Å². The van der Waals surface area contributed by atoms with Crippen molar-refractivity contribution in [2.75, 3.05) is 6.54 Å². The van der Waals surface area contributed by atoms with Crippen LogP contribution in [0.2, 0.25) is 0 Å². The summed E-state index contributed by atoms with van der Waals surface area (Å²) in [5, 5.41) is 12.5. The maximum atomic E-state index is 12.3. The molecule has 2 aliphatic rings. The van der Waals surface area contributed by atoms with Gasteiger partial charge in [0.05, 0.1) is 6.10 Å². The summed E-state index contributed by atoms with van der Waals surface area (Å²) < 4.78 is 0. The summed E-state index contributed by atoms with van der Waals surface area (Å²) in [5.74, 6) is -0.337. The molecule has 0 aliphatic carbocycles. The summed E-state index contributed by atoms with van der Waals surface area (Å²) in [6.07, 6.45) is 0.230. The maximum absolute atomic E-state index is 12.3. The smallest absolute Gasteiger partial charge is 0.246 e. The number of aliphatic hydroxyl groups is 1. The Kier molecular flexibility index (Phi) is 2.98. The number of fused-ring (bicyclic) bond motifs is 1. The Bertz CT molecular complexity index is 503. The van der Waals surface area contributed by atoms with Gasteiger partial charge in [0.2, 0.25) is 11.8 Å². The van der Waals surface area contributed by atoms with Crippen molar-refractivity contribution in [1.82, 2.24) is 10.2 Å². The van der Waals surface area contributed by atoms with Gasteiger partial charge in [0.1, 0.15) is 12.1 Å². The van der Waals surface area contributed by atoms with Crippen molar-refractivity contribution in [1.29, 1.82) is 0 Å². The summed E-state index contributed by atoms with van der Waals surface area (Å²) in [4.78, 5) is 25.8. The van der Waals surface area contributed by atoms with Gasteiger partial charge in [-0.1, -0.05) is 30.3 Å². The number of carbonyl (C=O) groups excluding carboxylic acids is 2. The fraction of sp³-hybridized carbons (Fsp3) is 0.429. The molecule has 2 N–H and O–H groups in total. The predicted molar refractivity (Wildman–Crippen MR) is 68.2 cm³/mol. The Balaban J connectivity index is 1.78. The fourth-order valence-corrected chi connectivity index (χ4v) is 2.85. The van der Waals surface area contributed by atoms with Crippen LogP contribution in [-0.2, 0) is 16.0 Å². The van der Waals surface area contributed by atoms with E-state index in [4.69, 9.17) is 0 Å². The zero-order chi connectivity index (χ0) is 13.4. The number of aliphatic hydroxyl groups excluding tert-OH is 1. The number of hydrogen-bond donors (Lipinski definition) is 2. The molecule has 0 unspecified atom stereocenters. The average molecular weight is 260 g/mol. The molecule has 19 heavy (non-hydrogen) atoms. The summed E-state index contributed by atoms with van der Waals surface area (Å²) in [6.45, 7) is 0.462. The van der Waals surface area contributed by atoms with Gasteiger partial charge in [0.15, 0.2) is 0 Å². The highest BCUT2D eigenvalue weighted by atomic mass is 16.3. The zero-order valence-corrected chi connectivity index (χ0v) is 10.5. The van der Waals surface area contributed by atoms with E-state index in [1.807, 2.05) is 30.3 Å². The highest BCUT2D eigenvalue weighted by Gasteiger charge is 2.47. The lowest BCUT2D eigenvalue weighted by Gasteiger charge is -2.35. The summed E-state index contributed by atoms with van der Waals surface area (Å²) in [6, 6.07) is 8.39. The van der Waals surface area contributed by atoms with Crippen LogP contribution in [0.25, 0.3) is 0 Å². The highest BCUT2D eigenvalue weighted by molar-refractivity contribution is 5.98. The summed E-state index contributed by atoms with van der Waals surface area (Å²) in [7, 11) is 0. The van der Waals surface area contributed by atoms with Crippen molar-refractivity contribution < 1.29 is 14.7 Å². The van der Waals surface area contributed by atoms with Crippen molar-refractivity contribution in [3.8, 4) is 0 Å². The van der Waals surface area contributed by atoms with E-state index in [1.165, 1.54) is 4.90 Å². The van der Waals surface area contributed by atoms with E-state index >= 15 is 0 Å². The van der Waals surface area contributed by atoms with Crippen LogP contribution in [0, 0.1) is 0 Å². The van der Waals surface area contributed by atoms with E-state index in [1.54, 1.807) is 0 Å². The van der Waals surface area contributed by atoms with Crippen molar-refractivity contribution in [3.05, 3.63) is 35.9 Å². The molecule has 2 fully saturated rings. The molecule has 5 nitrogen and oxygen atoms in total. The van der Waals surface area contributed by atoms with E-state index in [0.717, 1.165) is 5.56 Å². The van der Waals surface area contributed by atoms with Crippen molar-refractivity contribution in [3.63, 3.8) is 0 Å². The van der Waals surface area contributed by atoms with Gasteiger partial charge in [0, 0.05) is 13.0 Å². The number of nitrogens with zero attached hydrogens (tertiary/aromatic N) is 1. The molecule has 0 spiro atoms.